The zero-order valence-corrected chi connectivity index (χ0v) is 90.1. The number of ether oxygens (including phenoxy) is 4. The number of fused-ring (bicyclic) bond motifs is 6. The van der Waals surface area contributed by atoms with E-state index in [4.69, 9.17) is 18.9 Å². The van der Waals surface area contributed by atoms with E-state index < -0.39 is 50.9 Å². The lowest BCUT2D eigenvalue weighted by atomic mass is 9.78. The van der Waals surface area contributed by atoms with Crippen LogP contribution in [0, 0.1) is 13.8 Å². The molecule has 0 saturated carbocycles. The van der Waals surface area contributed by atoms with Gasteiger partial charge in [0.25, 0.3) is 0 Å². The van der Waals surface area contributed by atoms with Crippen molar-refractivity contribution >= 4 is 142 Å². The molecule has 0 radical (unpaired) electrons. The Morgan fingerprint density at radius 3 is 0.773 bits per heavy atom. The van der Waals surface area contributed by atoms with Gasteiger partial charge >= 0.3 is 0 Å². The highest BCUT2D eigenvalue weighted by Crippen LogP contribution is 2.49. The van der Waals surface area contributed by atoms with E-state index in [-0.39, 0.29) is 46.9 Å². The van der Waals surface area contributed by atoms with Crippen LogP contribution in [0.15, 0.2) is 509 Å². The molecule has 3 atom stereocenters. The Hall–Kier alpha value is -15.5. The van der Waals surface area contributed by atoms with Gasteiger partial charge in [-0.05, 0) is 269 Å². The number of hydrogen-bond donors (Lipinski definition) is 0. The Labute approximate surface area is 879 Å². The van der Waals surface area contributed by atoms with Gasteiger partial charge < -0.3 is 41.8 Å². The number of methoxy groups -OCH3 is 2. The maximum atomic E-state index is 15.3. The van der Waals surface area contributed by atoms with Crippen molar-refractivity contribution in [2.75, 3.05) is 14.2 Å². The van der Waals surface area contributed by atoms with E-state index in [9.17, 15) is 29.8 Å². The fourth-order valence-corrected chi connectivity index (χ4v) is 30.8. The van der Waals surface area contributed by atoms with E-state index in [2.05, 4.69) is 99.2 Å². The maximum Gasteiger partial charge on any atom is 0.206 e. The highest BCUT2D eigenvalue weighted by Gasteiger charge is 2.36. The summed E-state index contributed by atoms with van der Waals surface area (Å²) in [5.41, 5.74) is 10.4. The van der Waals surface area contributed by atoms with Crippen LogP contribution in [0.2, 0.25) is 0 Å². The van der Waals surface area contributed by atoms with Gasteiger partial charge in [-0.2, -0.15) is 0 Å². The van der Waals surface area contributed by atoms with Gasteiger partial charge in [0.2, 0.25) is 29.5 Å². The van der Waals surface area contributed by atoms with E-state index in [1.54, 1.807) is 148 Å². The van der Waals surface area contributed by atoms with Crippen LogP contribution in [0.5, 0.6) is 34.5 Å². The van der Waals surface area contributed by atoms with Crippen molar-refractivity contribution in [3.63, 3.8) is 0 Å². The van der Waals surface area contributed by atoms with Gasteiger partial charge in [0.1, 0.15) is 34.5 Å². The third-order valence-corrected chi connectivity index (χ3v) is 42.3. The molecular weight excluding hydrogens is 1970 g/mol. The second-order valence-corrected chi connectivity index (χ2v) is 51.8. The molecule has 0 saturated heterocycles. The molecule has 2 aromatic heterocycles. The van der Waals surface area contributed by atoms with Crippen molar-refractivity contribution < 1.29 is 57.9 Å². The van der Waals surface area contributed by atoms with Gasteiger partial charge in [-0.15, -0.1) is 0 Å². The molecule has 0 aliphatic rings. The van der Waals surface area contributed by atoms with Crippen molar-refractivity contribution in [1.29, 1.82) is 0 Å². The number of aryl methyl sites for hydroxylation is 2. The minimum absolute atomic E-state index is 0.142. The fraction of sp³-hybridized carbons (Fsp3) is 0.116. The summed E-state index contributed by atoms with van der Waals surface area (Å²) >= 11 is 0. The van der Waals surface area contributed by atoms with Crippen LogP contribution >= 0.6 is 21.4 Å². The lowest BCUT2D eigenvalue weighted by Gasteiger charge is -2.26. The van der Waals surface area contributed by atoms with Crippen molar-refractivity contribution in [3.05, 3.63) is 501 Å². The highest BCUT2D eigenvalue weighted by atomic mass is 32.2. The molecule has 0 fully saturated rings. The zero-order valence-electron chi connectivity index (χ0n) is 84.9. The van der Waals surface area contributed by atoms with E-state index in [1.807, 2.05) is 311 Å². The molecule has 15 nitrogen and oxygen atoms in total. The number of aromatic nitrogens is 2. The average Bonchev–Trinajstić information content (AvgIpc) is 1.53. The summed E-state index contributed by atoms with van der Waals surface area (Å²) in [5.74, 6) is 4.36. The standard InChI is InChI=1S/C40H35NO2P2.C32H27O3P.C29H28O4S.C28H25NO4S2/c1-3-30(2)41-39-26-24-35(44(42,31-16-8-4-9-17-31)32-18-10-5-11-19-32)28-37(39)38-29-36(25-27-40(38)41)45(43,33-20-12-6-13-21-33)34-22-14-7-15-23-34;1-24-8-20-31(21-9-24)36(33,30-6-4-3-5-7-30)32-22-18-29(19-23-32)35-28-16-12-26(13-17-28)25-10-14-27(34-2)15-11-25;1-21-5-17-27(18-6-21)34(30,31)28-19-15-26(16-20-28)33-25-13-9-23(10-14-25)29(2,3)22-7-11-24(32-4)12-8-22;1-3-20(2)29-27-16-14-23(34(30,31)21-10-6-4-7-11-21)18-25(27)26-19-24(15-17-28(26)29)35(32,33)22-12-8-5-9-13-22/h4-30H,3H2,1-2H3;3-23H,1-2H3;5-20H,1-4H3;4-20H,3H2,1-2H3. The van der Waals surface area contributed by atoms with Gasteiger partial charge in [0, 0.05) is 109 Å². The van der Waals surface area contributed by atoms with E-state index in [1.165, 1.54) is 5.56 Å². The van der Waals surface area contributed by atoms with Gasteiger partial charge in [0.05, 0.1) is 43.6 Å². The molecule has 0 amide bonds. The van der Waals surface area contributed by atoms with Crippen LogP contribution in [0.4, 0.5) is 0 Å². The first-order valence-electron chi connectivity index (χ1n) is 49.8. The molecule has 0 bridgehead atoms. The van der Waals surface area contributed by atoms with Crippen LogP contribution in [-0.2, 0) is 48.6 Å². The SMILES string of the molecule is CCC(C)n1c2ccc(P(=O)(c3ccccc3)c3ccccc3)cc2c2cc(P(=O)(c3ccccc3)c3ccccc3)ccc21.CCC(C)n1c2ccc(S(=O)(=O)c3ccccc3)cc2c2cc(S(=O)(=O)c3ccccc3)ccc21.COc1ccc(-c2ccc(Oc3ccc(P(=O)(c4ccccc4)c4ccc(C)cc4)cc3)cc2)cc1.COc1ccc(C(C)(C)c2ccc(Oc3ccc(S(=O)(=O)c4ccc(C)cc4)cc3)cc2)cc1. The van der Waals surface area contributed by atoms with Gasteiger partial charge in [0.15, 0.2) is 21.4 Å². The molecule has 3 unspecified atom stereocenters. The van der Waals surface area contributed by atoms with Gasteiger partial charge in [-0.3, -0.25) is 0 Å². The minimum Gasteiger partial charge on any atom is -0.497 e. The Kier molecular flexibility index (Phi) is 31.3. The fourth-order valence-electron chi connectivity index (χ4n) is 19.0. The molecule has 2 heterocycles. The first-order valence-corrected chi connectivity index (χ1v) is 59.3. The molecule has 0 N–H and O–H groups in total. The normalized spacial score (nSPS) is 12.6. The number of hydrogen-bond acceptors (Lipinski definition) is 13. The lowest BCUT2D eigenvalue weighted by molar-refractivity contribution is 0.414. The molecular formula is C129H115N2O13P3S3. The van der Waals surface area contributed by atoms with Crippen LogP contribution in [0.1, 0.15) is 88.7 Å². The topological polar surface area (TPSA) is 200 Å². The van der Waals surface area contributed by atoms with Gasteiger partial charge in [-0.1, -0.05) is 312 Å². The summed E-state index contributed by atoms with van der Waals surface area (Å²) in [5, 5.41) is 10.7. The first kappa shape index (κ1) is 104. The molecule has 0 spiro atoms. The average molecular weight is 2090 g/mol. The Morgan fingerprint density at radius 2 is 0.460 bits per heavy atom. The summed E-state index contributed by atoms with van der Waals surface area (Å²) in [7, 11) is -17.1. The molecule has 0 aliphatic heterocycles. The van der Waals surface area contributed by atoms with Crippen molar-refractivity contribution in [2.24, 2.45) is 0 Å². The number of nitrogens with zero attached hydrogens (tertiary/aromatic N) is 2. The van der Waals surface area contributed by atoms with Crippen molar-refractivity contribution in [2.45, 2.75) is 115 Å². The molecule has 21 heteroatoms. The lowest BCUT2D eigenvalue weighted by Crippen LogP contribution is -2.25. The third-order valence-electron chi connectivity index (χ3n) is 27.8. The largest absolute Gasteiger partial charge is 0.497 e. The Bertz CT molecular complexity index is 8500. The molecule has 0 aliphatic carbocycles. The second kappa shape index (κ2) is 44.9. The number of sulfone groups is 3. The summed E-state index contributed by atoms with van der Waals surface area (Å²) < 4.78 is 151. The van der Waals surface area contributed by atoms with E-state index >= 15 is 9.13 Å². The minimum atomic E-state index is -3.72. The smallest absolute Gasteiger partial charge is 0.206 e. The third kappa shape index (κ3) is 21.5. The van der Waals surface area contributed by atoms with Crippen LogP contribution < -0.4 is 66.7 Å². The quantitative estimate of drug-likeness (QED) is 0.0420. The Morgan fingerprint density at radius 1 is 0.247 bits per heavy atom. The molecule has 21 aromatic rings. The molecule has 150 heavy (non-hydrogen) atoms. The monoisotopic (exact) mass is 2090 g/mol. The van der Waals surface area contributed by atoms with E-state index in [0.29, 0.717) is 28.0 Å². The molecule has 752 valence electrons. The highest BCUT2D eigenvalue weighted by molar-refractivity contribution is 7.92. The predicted molar refractivity (Wildman–Crippen MR) is 615 cm³/mol. The van der Waals surface area contributed by atoms with Crippen molar-refractivity contribution in [1.82, 2.24) is 9.13 Å². The first-order chi connectivity index (χ1) is 72.5. The zero-order chi connectivity index (χ0) is 105. The van der Waals surface area contributed by atoms with Crippen LogP contribution in [0.25, 0.3) is 54.7 Å². The maximum absolute atomic E-state index is 15.3. The summed E-state index contributed by atoms with van der Waals surface area (Å²) in [4.78, 5) is 1.31. The molecule has 19 aromatic carbocycles. The number of rotatable bonds is 28. The second-order valence-electron chi connectivity index (χ2n) is 37.6. The summed E-state index contributed by atoms with van der Waals surface area (Å²) in [6.07, 6.45) is 1.83. The summed E-state index contributed by atoms with van der Waals surface area (Å²) in [6.45, 7) is 16.9. The van der Waals surface area contributed by atoms with Gasteiger partial charge in [-0.25, -0.2) is 25.3 Å². The summed E-state index contributed by atoms with van der Waals surface area (Å²) in [6, 6.07) is 150. The number of benzene rings is 19. The van der Waals surface area contributed by atoms with Crippen molar-refractivity contribution in [3.8, 4) is 45.6 Å². The van der Waals surface area contributed by atoms with Crippen LogP contribution in [0.3, 0.4) is 0 Å². The Balaban J connectivity index is 0.000000131. The van der Waals surface area contributed by atoms with E-state index in [0.717, 1.165) is 138 Å². The predicted octanol–water partition coefficient (Wildman–Crippen LogP) is 28.5. The molecule has 21 rings (SSSR count). The van der Waals surface area contributed by atoms with Crippen LogP contribution in [-0.4, -0.2) is 48.6 Å².